The second-order valence-corrected chi connectivity index (χ2v) is 5.34. The zero-order chi connectivity index (χ0) is 14.7. The van der Waals surface area contributed by atoms with Crippen LogP contribution in [0.5, 0.6) is 11.6 Å². The summed E-state index contributed by atoms with van der Waals surface area (Å²) in [5, 5.41) is 7.79. The molecule has 0 fully saturated rings. The molecule has 0 radical (unpaired) electrons. The van der Waals surface area contributed by atoms with Gasteiger partial charge in [-0.1, -0.05) is 38.2 Å². The van der Waals surface area contributed by atoms with E-state index in [-0.39, 0.29) is 4.99 Å². The van der Waals surface area contributed by atoms with Crippen LogP contribution in [0.4, 0.5) is 0 Å². The fourth-order valence-electron chi connectivity index (χ4n) is 1.77. The molecule has 0 amide bonds. The summed E-state index contributed by atoms with van der Waals surface area (Å²) in [4.78, 5) is 0.243. The van der Waals surface area contributed by atoms with Crippen LogP contribution in [0.3, 0.4) is 0 Å². The van der Waals surface area contributed by atoms with Crippen molar-refractivity contribution in [2.75, 3.05) is 0 Å². The zero-order valence-corrected chi connectivity index (χ0v) is 12.6. The molecule has 2 aromatic rings. The number of aryl methyl sites for hydroxylation is 1. The average Bonchev–Trinajstić information content (AvgIpc) is 2.41. The van der Waals surface area contributed by atoms with Gasteiger partial charge >= 0.3 is 0 Å². The van der Waals surface area contributed by atoms with E-state index in [1.165, 1.54) is 5.56 Å². The highest BCUT2D eigenvalue weighted by Crippen LogP contribution is 2.29. The van der Waals surface area contributed by atoms with Crippen molar-refractivity contribution in [3.8, 4) is 11.6 Å². The molecule has 0 unspecified atom stereocenters. The second kappa shape index (κ2) is 5.96. The number of hydrogen-bond donors (Lipinski definition) is 1. The number of aromatic nitrogens is 2. The van der Waals surface area contributed by atoms with Gasteiger partial charge in [-0.3, -0.25) is 0 Å². The number of thiocarbonyl (C=S) groups is 1. The van der Waals surface area contributed by atoms with Crippen LogP contribution in [0.15, 0.2) is 30.5 Å². The standard InChI is InChI=1S/C15H17N3OS/c1-9(2)11-5-4-10(3)13(8-11)19-15-12(14(16)20)6-7-17-18-15/h4-9H,1-3H3,(H2,16,20). The first-order valence-electron chi connectivity index (χ1n) is 6.39. The van der Waals surface area contributed by atoms with Gasteiger partial charge < -0.3 is 10.5 Å². The predicted molar refractivity (Wildman–Crippen MR) is 83.3 cm³/mol. The van der Waals surface area contributed by atoms with E-state index in [0.717, 1.165) is 11.3 Å². The maximum atomic E-state index is 5.85. The Morgan fingerprint density at radius 2 is 2.05 bits per heavy atom. The minimum absolute atomic E-state index is 0.243. The second-order valence-electron chi connectivity index (χ2n) is 4.90. The average molecular weight is 287 g/mol. The van der Waals surface area contributed by atoms with Crippen LogP contribution < -0.4 is 10.5 Å². The van der Waals surface area contributed by atoms with Gasteiger partial charge in [0, 0.05) is 0 Å². The molecule has 0 spiro atoms. The number of nitrogens with zero attached hydrogens (tertiary/aromatic N) is 2. The van der Waals surface area contributed by atoms with Crippen molar-refractivity contribution in [1.82, 2.24) is 10.2 Å². The van der Waals surface area contributed by atoms with Gasteiger partial charge in [-0.05, 0) is 36.1 Å². The van der Waals surface area contributed by atoms with Crippen LogP contribution in [0, 0.1) is 6.92 Å². The molecule has 0 aliphatic rings. The molecule has 0 atom stereocenters. The molecule has 1 aromatic heterocycles. The van der Waals surface area contributed by atoms with Gasteiger partial charge in [-0.25, -0.2) is 0 Å². The van der Waals surface area contributed by atoms with Crippen LogP contribution in [-0.2, 0) is 0 Å². The molecular formula is C15H17N3OS. The normalized spacial score (nSPS) is 10.6. The molecule has 1 heterocycles. The van der Waals surface area contributed by atoms with Gasteiger partial charge in [-0.2, -0.15) is 5.10 Å². The third kappa shape index (κ3) is 3.11. The van der Waals surface area contributed by atoms with Gasteiger partial charge in [-0.15, -0.1) is 5.10 Å². The van der Waals surface area contributed by atoms with E-state index in [9.17, 15) is 0 Å². The van der Waals surface area contributed by atoms with Crippen LogP contribution in [-0.4, -0.2) is 15.2 Å². The fraction of sp³-hybridized carbons (Fsp3) is 0.267. The van der Waals surface area contributed by atoms with Crippen molar-refractivity contribution in [2.45, 2.75) is 26.7 Å². The number of rotatable bonds is 4. The van der Waals surface area contributed by atoms with Crippen molar-refractivity contribution in [3.63, 3.8) is 0 Å². The molecule has 0 bridgehead atoms. The third-order valence-corrected chi connectivity index (χ3v) is 3.26. The molecule has 1 aromatic carbocycles. The summed E-state index contributed by atoms with van der Waals surface area (Å²) in [5.41, 5.74) is 8.48. The van der Waals surface area contributed by atoms with Crippen molar-refractivity contribution >= 4 is 17.2 Å². The van der Waals surface area contributed by atoms with E-state index in [1.54, 1.807) is 12.3 Å². The number of ether oxygens (including phenoxy) is 1. The van der Waals surface area contributed by atoms with Crippen molar-refractivity contribution in [2.24, 2.45) is 5.73 Å². The van der Waals surface area contributed by atoms with Crippen LogP contribution in [0.2, 0.25) is 0 Å². The van der Waals surface area contributed by atoms with Gasteiger partial charge in [0.05, 0.1) is 11.8 Å². The Hall–Kier alpha value is -2.01. The number of benzene rings is 1. The van der Waals surface area contributed by atoms with Crippen molar-refractivity contribution < 1.29 is 4.74 Å². The first-order chi connectivity index (χ1) is 9.49. The molecule has 104 valence electrons. The van der Waals surface area contributed by atoms with Gasteiger partial charge in [0.2, 0.25) is 5.88 Å². The molecular weight excluding hydrogens is 270 g/mol. The Morgan fingerprint density at radius 3 is 2.70 bits per heavy atom. The summed E-state index contributed by atoms with van der Waals surface area (Å²) in [6.07, 6.45) is 1.54. The van der Waals surface area contributed by atoms with Crippen LogP contribution in [0.25, 0.3) is 0 Å². The summed E-state index contributed by atoms with van der Waals surface area (Å²) in [7, 11) is 0. The summed E-state index contributed by atoms with van der Waals surface area (Å²) < 4.78 is 5.85. The maximum absolute atomic E-state index is 5.85. The monoisotopic (exact) mass is 287 g/mol. The van der Waals surface area contributed by atoms with Gasteiger partial charge in [0.25, 0.3) is 0 Å². The van der Waals surface area contributed by atoms with Crippen LogP contribution in [0.1, 0.15) is 36.5 Å². The third-order valence-electron chi connectivity index (χ3n) is 3.04. The van der Waals surface area contributed by atoms with Gasteiger partial charge in [0.1, 0.15) is 10.7 Å². The summed E-state index contributed by atoms with van der Waals surface area (Å²) in [6.45, 7) is 6.25. The lowest BCUT2D eigenvalue weighted by atomic mass is 10.0. The van der Waals surface area contributed by atoms with E-state index in [4.69, 9.17) is 22.7 Å². The quantitative estimate of drug-likeness (QED) is 0.874. The summed E-state index contributed by atoms with van der Waals surface area (Å²) in [5.74, 6) is 1.51. The molecule has 0 saturated heterocycles. The number of hydrogen-bond acceptors (Lipinski definition) is 4. The van der Waals surface area contributed by atoms with E-state index < -0.39 is 0 Å². The summed E-state index contributed by atoms with van der Waals surface area (Å²) in [6, 6.07) is 7.84. The highest BCUT2D eigenvalue weighted by Gasteiger charge is 2.12. The first-order valence-corrected chi connectivity index (χ1v) is 6.79. The van der Waals surface area contributed by atoms with Crippen molar-refractivity contribution in [3.05, 3.63) is 47.2 Å². The highest BCUT2D eigenvalue weighted by molar-refractivity contribution is 7.80. The molecule has 2 N–H and O–H groups in total. The van der Waals surface area contributed by atoms with Gasteiger partial charge in [0.15, 0.2) is 0 Å². The maximum Gasteiger partial charge on any atom is 0.249 e. The Balaban J connectivity index is 2.40. The number of nitrogens with two attached hydrogens (primary N) is 1. The predicted octanol–water partition coefficient (Wildman–Crippen LogP) is 3.33. The van der Waals surface area contributed by atoms with E-state index >= 15 is 0 Å². The lowest BCUT2D eigenvalue weighted by Gasteiger charge is -2.13. The Morgan fingerprint density at radius 1 is 1.30 bits per heavy atom. The lowest BCUT2D eigenvalue weighted by molar-refractivity contribution is 0.450. The largest absolute Gasteiger partial charge is 0.437 e. The highest BCUT2D eigenvalue weighted by atomic mass is 32.1. The van der Waals surface area contributed by atoms with Crippen LogP contribution >= 0.6 is 12.2 Å². The first kappa shape index (κ1) is 14.4. The fourth-order valence-corrected chi connectivity index (χ4v) is 1.93. The SMILES string of the molecule is Cc1ccc(C(C)C)cc1Oc1nnccc1C(N)=S. The molecule has 4 nitrogen and oxygen atoms in total. The molecule has 2 rings (SSSR count). The minimum atomic E-state index is 0.243. The van der Waals surface area contributed by atoms with E-state index in [2.05, 4.69) is 30.1 Å². The Labute approximate surface area is 124 Å². The van der Waals surface area contributed by atoms with E-state index in [1.807, 2.05) is 19.1 Å². The summed E-state index contributed by atoms with van der Waals surface area (Å²) >= 11 is 5.00. The smallest absolute Gasteiger partial charge is 0.249 e. The van der Waals surface area contributed by atoms with E-state index in [0.29, 0.717) is 17.4 Å². The molecule has 20 heavy (non-hydrogen) atoms. The zero-order valence-electron chi connectivity index (χ0n) is 11.8. The lowest BCUT2D eigenvalue weighted by Crippen LogP contribution is -2.12. The Bertz CT molecular complexity index is 641. The Kier molecular flexibility index (Phi) is 4.29. The molecule has 0 aliphatic carbocycles. The minimum Gasteiger partial charge on any atom is -0.437 e. The van der Waals surface area contributed by atoms with Crippen molar-refractivity contribution in [1.29, 1.82) is 0 Å². The molecule has 0 aliphatic heterocycles. The molecule has 0 saturated carbocycles. The topological polar surface area (TPSA) is 61.0 Å². The molecule has 5 heteroatoms.